The van der Waals surface area contributed by atoms with Crippen LogP contribution < -0.4 is 4.90 Å². The van der Waals surface area contributed by atoms with Gasteiger partial charge in [0.2, 0.25) is 0 Å². The quantitative estimate of drug-likeness (QED) is 0.278. The van der Waals surface area contributed by atoms with Crippen molar-refractivity contribution in [2.24, 2.45) is 0 Å². The lowest BCUT2D eigenvalue weighted by molar-refractivity contribution is 0.178. The standard InChI is InChI=1S/C29H37NO7S2/c1-8-30-26-15-14-23(39(34,35)36)19-25(26)28(4,5)27(30)11-9-10-21(3)29(6,16-17-37-7)24-18-22(38(31,32)33)13-12-20(24)2/h9-15,18-19H,3,8,16-17H2,1-2,4-7H3,(H,31,32,33)(H,34,35,36)/b10-9+,27-11+. The van der Waals surface area contributed by atoms with Crippen molar-refractivity contribution in [3.63, 3.8) is 0 Å². The molecule has 39 heavy (non-hydrogen) atoms. The van der Waals surface area contributed by atoms with Crippen LogP contribution in [0.15, 0.2) is 82.3 Å². The summed E-state index contributed by atoms with van der Waals surface area (Å²) in [5.41, 5.74) is 3.66. The summed E-state index contributed by atoms with van der Waals surface area (Å²) in [5.74, 6) is 0. The Bertz CT molecular complexity index is 1550. The third-order valence-electron chi connectivity index (χ3n) is 7.65. The number of likely N-dealkylation sites (N-methyl/N-ethyl adjacent to an activating group) is 1. The zero-order valence-electron chi connectivity index (χ0n) is 23.2. The molecule has 3 rings (SSSR count). The Morgan fingerprint density at radius 1 is 1.08 bits per heavy atom. The molecule has 0 aliphatic carbocycles. The van der Waals surface area contributed by atoms with Crippen molar-refractivity contribution in [2.45, 2.75) is 61.7 Å². The highest BCUT2D eigenvalue weighted by Crippen LogP contribution is 2.48. The SMILES string of the molecule is C=C(/C=C/C=C1/N(CC)c2ccc(S(=O)(=O)O)cc2C1(C)C)C(C)(CCOC)c1cc(S(=O)(=O)O)ccc1C. The van der Waals surface area contributed by atoms with E-state index in [-0.39, 0.29) is 9.79 Å². The van der Waals surface area contributed by atoms with Crippen LogP contribution in [-0.4, -0.2) is 46.2 Å². The van der Waals surface area contributed by atoms with Crippen molar-refractivity contribution in [1.29, 1.82) is 0 Å². The smallest absolute Gasteiger partial charge is 0.294 e. The van der Waals surface area contributed by atoms with Crippen molar-refractivity contribution >= 4 is 25.9 Å². The number of benzene rings is 2. The minimum Gasteiger partial charge on any atom is -0.385 e. The Morgan fingerprint density at radius 2 is 1.67 bits per heavy atom. The van der Waals surface area contributed by atoms with E-state index in [1.807, 2.05) is 52.8 Å². The Balaban J connectivity index is 2.05. The molecule has 0 aromatic heterocycles. The predicted octanol–water partition coefficient (Wildman–Crippen LogP) is 5.60. The summed E-state index contributed by atoms with van der Waals surface area (Å²) in [6, 6.07) is 9.16. The number of rotatable bonds is 10. The van der Waals surface area contributed by atoms with E-state index in [9.17, 15) is 25.9 Å². The van der Waals surface area contributed by atoms with Crippen molar-refractivity contribution in [3.8, 4) is 0 Å². The number of hydrogen-bond donors (Lipinski definition) is 2. The van der Waals surface area contributed by atoms with Crippen LogP contribution in [0.4, 0.5) is 5.69 Å². The molecule has 2 aromatic carbocycles. The first-order valence-corrected chi connectivity index (χ1v) is 15.4. The summed E-state index contributed by atoms with van der Waals surface area (Å²) in [4.78, 5) is 1.77. The fourth-order valence-electron chi connectivity index (χ4n) is 5.23. The van der Waals surface area contributed by atoms with Gasteiger partial charge < -0.3 is 9.64 Å². The zero-order valence-corrected chi connectivity index (χ0v) is 24.9. The van der Waals surface area contributed by atoms with Crippen molar-refractivity contribution in [2.75, 3.05) is 25.2 Å². The summed E-state index contributed by atoms with van der Waals surface area (Å²) in [5, 5.41) is 0. The van der Waals surface area contributed by atoms with Gasteiger partial charge in [0.25, 0.3) is 20.2 Å². The van der Waals surface area contributed by atoms with E-state index in [2.05, 4.69) is 11.5 Å². The van der Waals surface area contributed by atoms with Gasteiger partial charge in [-0.05, 0) is 78.9 Å². The maximum atomic E-state index is 11.9. The molecule has 0 spiro atoms. The number of methoxy groups -OCH3 is 1. The highest BCUT2D eigenvalue weighted by atomic mass is 32.2. The number of fused-ring (bicyclic) bond motifs is 1. The molecule has 2 N–H and O–H groups in total. The minimum absolute atomic E-state index is 0.146. The van der Waals surface area contributed by atoms with E-state index in [1.165, 1.54) is 24.3 Å². The van der Waals surface area contributed by atoms with Crippen LogP contribution in [0.2, 0.25) is 0 Å². The van der Waals surface area contributed by atoms with Crippen LogP contribution in [0.5, 0.6) is 0 Å². The molecule has 8 nitrogen and oxygen atoms in total. The monoisotopic (exact) mass is 575 g/mol. The molecule has 1 aliphatic rings. The normalized spacial score (nSPS) is 17.9. The predicted molar refractivity (Wildman–Crippen MR) is 154 cm³/mol. The largest absolute Gasteiger partial charge is 0.385 e. The molecule has 1 atom stereocenters. The molecule has 1 unspecified atom stereocenters. The first-order valence-electron chi connectivity index (χ1n) is 12.5. The van der Waals surface area contributed by atoms with E-state index in [4.69, 9.17) is 4.74 Å². The van der Waals surface area contributed by atoms with E-state index >= 15 is 0 Å². The second-order valence-corrected chi connectivity index (χ2v) is 13.3. The molecule has 1 heterocycles. The summed E-state index contributed by atoms with van der Waals surface area (Å²) in [6.45, 7) is 15.2. The van der Waals surface area contributed by atoms with Gasteiger partial charge in [0, 0.05) is 42.5 Å². The molecule has 0 radical (unpaired) electrons. The number of hydrogen-bond acceptors (Lipinski definition) is 6. The number of aryl methyl sites for hydroxylation is 1. The maximum absolute atomic E-state index is 11.9. The van der Waals surface area contributed by atoms with Gasteiger partial charge in [-0.15, -0.1) is 0 Å². The maximum Gasteiger partial charge on any atom is 0.294 e. The molecule has 2 aromatic rings. The second kappa shape index (κ2) is 11.0. The summed E-state index contributed by atoms with van der Waals surface area (Å²) in [7, 11) is -7.13. The molecule has 0 saturated heterocycles. The third kappa shape index (κ3) is 6.05. The van der Waals surface area contributed by atoms with Crippen LogP contribution in [0.25, 0.3) is 0 Å². The molecule has 212 valence electrons. The first kappa shape index (κ1) is 30.8. The van der Waals surface area contributed by atoms with Crippen LogP contribution in [0, 0.1) is 6.92 Å². The lowest BCUT2D eigenvalue weighted by Gasteiger charge is -2.33. The van der Waals surface area contributed by atoms with Gasteiger partial charge in [0.1, 0.15) is 0 Å². The van der Waals surface area contributed by atoms with Gasteiger partial charge in [-0.25, -0.2) is 0 Å². The van der Waals surface area contributed by atoms with Gasteiger partial charge in [-0.3, -0.25) is 9.11 Å². The van der Waals surface area contributed by atoms with E-state index < -0.39 is 31.1 Å². The van der Waals surface area contributed by atoms with Gasteiger partial charge in [-0.2, -0.15) is 16.8 Å². The van der Waals surface area contributed by atoms with Gasteiger partial charge in [-0.1, -0.05) is 45.6 Å². The van der Waals surface area contributed by atoms with Crippen molar-refractivity contribution in [1.82, 2.24) is 0 Å². The average molecular weight is 576 g/mol. The molecule has 0 amide bonds. The Hall–Kier alpha value is -2.76. The topological polar surface area (TPSA) is 121 Å². The van der Waals surface area contributed by atoms with Crippen LogP contribution in [-0.2, 0) is 35.8 Å². The molecule has 1 aliphatic heterocycles. The van der Waals surface area contributed by atoms with Gasteiger partial charge >= 0.3 is 0 Å². The van der Waals surface area contributed by atoms with E-state index in [0.29, 0.717) is 19.6 Å². The van der Waals surface area contributed by atoms with Crippen LogP contribution in [0.3, 0.4) is 0 Å². The number of nitrogens with zero attached hydrogens (tertiary/aromatic N) is 1. The summed E-state index contributed by atoms with van der Waals surface area (Å²) < 4.78 is 71.8. The van der Waals surface area contributed by atoms with Crippen LogP contribution >= 0.6 is 0 Å². The highest BCUT2D eigenvalue weighted by molar-refractivity contribution is 7.86. The average Bonchev–Trinajstić information content (AvgIpc) is 3.06. The van der Waals surface area contributed by atoms with E-state index in [0.717, 1.165) is 33.6 Å². The fourth-order valence-corrected chi connectivity index (χ4v) is 6.24. The lowest BCUT2D eigenvalue weighted by Crippen LogP contribution is -2.27. The molecular formula is C29H37NO7S2. The Labute approximate surface area is 232 Å². The molecule has 0 saturated carbocycles. The first-order chi connectivity index (χ1) is 18.0. The van der Waals surface area contributed by atoms with Crippen molar-refractivity contribution < 1.29 is 30.7 Å². The Kier molecular flexibility index (Phi) is 8.69. The summed E-state index contributed by atoms with van der Waals surface area (Å²) >= 11 is 0. The second-order valence-electron chi connectivity index (χ2n) is 10.5. The van der Waals surface area contributed by atoms with Crippen molar-refractivity contribution in [3.05, 3.63) is 89.2 Å². The number of allylic oxidation sites excluding steroid dienone is 5. The van der Waals surface area contributed by atoms with Crippen LogP contribution in [0.1, 0.15) is 50.8 Å². The zero-order chi connectivity index (χ0) is 29.4. The molecule has 10 heteroatoms. The minimum atomic E-state index is -4.38. The fraction of sp³-hybridized carbons (Fsp3) is 0.379. The Morgan fingerprint density at radius 3 is 2.23 bits per heavy atom. The molecule has 0 fully saturated rings. The number of anilines is 1. The van der Waals surface area contributed by atoms with E-state index in [1.54, 1.807) is 19.2 Å². The molecular weight excluding hydrogens is 538 g/mol. The lowest BCUT2D eigenvalue weighted by atomic mass is 9.72. The third-order valence-corrected chi connectivity index (χ3v) is 9.34. The van der Waals surface area contributed by atoms with Gasteiger partial charge in [0.15, 0.2) is 0 Å². The molecule has 0 bridgehead atoms. The summed E-state index contributed by atoms with van der Waals surface area (Å²) in [6.07, 6.45) is 6.23. The number of ether oxygens (including phenoxy) is 1. The highest BCUT2D eigenvalue weighted by Gasteiger charge is 2.40. The van der Waals surface area contributed by atoms with Gasteiger partial charge in [0.05, 0.1) is 9.79 Å².